The molecule has 0 aromatic heterocycles. The molecule has 0 spiro atoms. The molecule has 0 saturated heterocycles. The Bertz CT molecular complexity index is 713. The number of carboxylic acids is 1. The predicted molar refractivity (Wildman–Crippen MR) is 86.1 cm³/mol. The molecule has 0 aliphatic carbocycles. The van der Waals surface area contributed by atoms with Gasteiger partial charge in [0.2, 0.25) is 0 Å². The van der Waals surface area contributed by atoms with Crippen LogP contribution in [0.2, 0.25) is 0 Å². The molecule has 2 aromatic rings. The van der Waals surface area contributed by atoms with Gasteiger partial charge in [0.05, 0.1) is 11.7 Å². The molecule has 6 heteroatoms. The number of nitrogens with one attached hydrogen (secondary N) is 1. The topological polar surface area (TPSA) is 69.6 Å². The normalized spacial score (nSPS) is 12.8. The molecule has 24 heavy (non-hydrogen) atoms. The van der Waals surface area contributed by atoms with Crippen LogP contribution in [0, 0.1) is 0 Å². The largest absolute Gasteiger partial charge is 0.478 e. The van der Waals surface area contributed by atoms with E-state index in [2.05, 4.69) is 5.32 Å². The first kappa shape index (κ1) is 18.0. The van der Waals surface area contributed by atoms with E-state index in [9.17, 15) is 18.7 Å². The zero-order valence-corrected chi connectivity index (χ0v) is 13.2. The third-order valence-corrected chi connectivity index (χ3v) is 3.68. The molecular weight excluding hydrogens is 316 g/mol. The van der Waals surface area contributed by atoms with Gasteiger partial charge in [-0.1, -0.05) is 36.4 Å². The SMILES string of the molecule is CC(F)(F)c1cccc(C(O)CNCc2ccccc2C(=O)O)c1. The van der Waals surface area contributed by atoms with E-state index in [1.165, 1.54) is 24.3 Å². The number of carboxylic acid groups (broad SMARTS) is 1. The van der Waals surface area contributed by atoms with E-state index in [1.54, 1.807) is 24.3 Å². The van der Waals surface area contributed by atoms with Crippen LogP contribution < -0.4 is 5.32 Å². The van der Waals surface area contributed by atoms with Gasteiger partial charge in [0.25, 0.3) is 5.92 Å². The third-order valence-electron chi connectivity index (χ3n) is 3.68. The molecule has 1 atom stereocenters. The summed E-state index contributed by atoms with van der Waals surface area (Å²) in [6, 6.07) is 12.2. The number of benzene rings is 2. The van der Waals surface area contributed by atoms with Gasteiger partial charge < -0.3 is 15.5 Å². The highest BCUT2D eigenvalue weighted by atomic mass is 19.3. The monoisotopic (exact) mass is 335 g/mol. The fourth-order valence-corrected chi connectivity index (χ4v) is 2.36. The average Bonchev–Trinajstić information content (AvgIpc) is 2.54. The van der Waals surface area contributed by atoms with Gasteiger partial charge >= 0.3 is 5.97 Å². The summed E-state index contributed by atoms with van der Waals surface area (Å²) >= 11 is 0. The minimum atomic E-state index is -2.97. The van der Waals surface area contributed by atoms with Crippen molar-refractivity contribution in [3.05, 3.63) is 70.8 Å². The second-order valence-corrected chi connectivity index (χ2v) is 5.62. The molecule has 0 fully saturated rings. The number of carbonyl (C=O) groups is 1. The van der Waals surface area contributed by atoms with Gasteiger partial charge in [-0.25, -0.2) is 13.6 Å². The highest BCUT2D eigenvalue weighted by Gasteiger charge is 2.24. The molecule has 0 heterocycles. The Morgan fingerprint density at radius 2 is 1.92 bits per heavy atom. The lowest BCUT2D eigenvalue weighted by atomic mass is 10.0. The lowest BCUT2D eigenvalue weighted by molar-refractivity contribution is 0.0172. The third kappa shape index (κ3) is 4.59. The Morgan fingerprint density at radius 3 is 2.58 bits per heavy atom. The highest BCUT2D eigenvalue weighted by Crippen LogP contribution is 2.28. The van der Waals surface area contributed by atoms with Crippen LogP contribution in [0.5, 0.6) is 0 Å². The van der Waals surface area contributed by atoms with Gasteiger partial charge in [-0.3, -0.25) is 0 Å². The van der Waals surface area contributed by atoms with Gasteiger partial charge in [0.1, 0.15) is 0 Å². The summed E-state index contributed by atoms with van der Waals surface area (Å²) in [7, 11) is 0. The van der Waals surface area contributed by atoms with E-state index in [-0.39, 0.29) is 24.2 Å². The number of alkyl halides is 2. The van der Waals surface area contributed by atoms with Crippen LogP contribution in [0.25, 0.3) is 0 Å². The molecular formula is C18H19F2NO3. The lowest BCUT2D eigenvalue weighted by Gasteiger charge is -2.16. The summed E-state index contributed by atoms with van der Waals surface area (Å²) in [5.41, 5.74) is 1.00. The van der Waals surface area contributed by atoms with E-state index in [4.69, 9.17) is 5.11 Å². The number of aliphatic hydroxyl groups excluding tert-OH is 1. The van der Waals surface area contributed by atoms with Crippen molar-refractivity contribution in [3.63, 3.8) is 0 Å². The van der Waals surface area contributed by atoms with Gasteiger partial charge in [0.15, 0.2) is 0 Å². The van der Waals surface area contributed by atoms with Crippen LogP contribution >= 0.6 is 0 Å². The average molecular weight is 335 g/mol. The highest BCUT2D eigenvalue weighted by molar-refractivity contribution is 5.89. The second-order valence-electron chi connectivity index (χ2n) is 5.62. The maximum Gasteiger partial charge on any atom is 0.336 e. The van der Waals surface area contributed by atoms with Crippen LogP contribution in [-0.2, 0) is 12.5 Å². The van der Waals surface area contributed by atoms with Crippen LogP contribution in [0.15, 0.2) is 48.5 Å². The molecule has 0 saturated carbocycles. The van der Waals surface area contributed by atoms with Gasteiger partial charge in [0, 0.05) is 25.6 Å². The molecule has 0 radical (unpaired) electrons. The molecule has 0 aliphatic rings. The van der Waals surface area contributed by atoms with E-state index < -0.39 is 18.0 Å². The van der Waals surface area contributed by atoms with E-state index in [1.807, 2.05) is 0 Å². The first-order valence-corrected chi connectivity index (χ1v) is 7.47. The maximum atomic E-state index is 13.3. The first-order valence-electron chi connectivity index (χ1n) is 7.47. The van der Waals surface area contributed by atoms with Gasteiger partial charge in [-0.05, 0) is 23.3 Å². The summed E-state index contributed by atoms with van der Waals surface area (Å²) in [5, 5.41) is 22.2. The number of rotatable bonds is 7. The molecule has 3 N–H and O–H groups in total. The van der Waals surface area contributed by atoms with Crippen molar-refractivity contribution in [3.8, 4) is 0 Å². The maximum absolute atomic E-state index is 13.3. The quantitative estimate of drug-likeness (QED) is 0.726. The van der Waals surface area contributed by atoms with Crippen molar-refractivity contribution in [2.45, 2.75) is 25.5 Å². The molecule has 2 rings (SSSR count). The summed E-state index contributed by atoms with van der Waals surface area (Å²) in [5.74, 6) is -3.99. The minimum Gasteiger partial charge on any atom is -0.478 e. The lowest BCUT2D eigenvalue weighted by Crippen LogP contribution is -2.22. The van der Waals surface area contributed by atoms with Crippen molar-refractivity contribution >= 4 is 5.97 Å². The summed E-state index contributed by atoms with van der Waals surface area (Å²) in [6.07, 6.45) is -0.968. The van der Waals surface area contributed by atoms with E-state index >= 15 is 0 Å². The minimum absolute atomic E-state index is 0.118. The fourth-order valence-electron chi connectivity index (χ4n) is 2.36. The van der Waals surface area contributed by atoms with Crippen molar-refractivity contribution in [1.82, 2.24) is 5.32 Å². The number of hydrogen-bond acceptors (Lipinski definition) is 3. The Labute approximate surface area is 138 Å². The van der Waals surface area contributed by atoms with E-state index in [0.29, 0.717) is 11.1 Å². The molecule has 0 amide bonds. The Hall–Kier alpha value is -2.31. The molecule has 0 bridgehead atoms. The Morgan fingerprint density at radius 1 is 1.21 bits per heavy atom. The molecule has 1 unspecified atom stereocenters. The number of halogens is 2. The molecule has 128 valence electrons. The van der Waals surface area contributed by atoms with Gasteiger partial charge in [-0.15, -0.1) is 0 Å². The summed E-state index contributed by atoms with van der Waals surface area (Å²) in [6.45, 7) is 1.18. The van der Waals surface area contributed by atoms with Crippen molar-refractivity contribution < 1.29 is 23.8 Å². The number of hydrogen-bond donors (Lipinski definition) is 3. The van der Waals surface area contributed by atoms with Crippen molar-refractivity contribution in [1.29, 1.82) is 0 Å². The zero-order valence-electron chi connectivity index (χ0n) is 13.2. The van der Waals surface area contributed by atoms with Crippen molar-refractivity contribution in [2.24, 2.45) is 0 Å². The summed E-state index contributed by atoms with van der Waals surface area (Å²) in [4.78, 5) is 11.1. The van der Waals surface area contributed by atoms with E-state index in [0.717, 1.165) is 6.92 Å². The Kier molecular flexibility index (Phi) is 5.64. The Balaban J connectivity index is 1.99. The van der Waals surface area contributed by atoms with Gasteiger partial charge in [-0.2, -0.15) is 0 Å². The standard InChI is InChI=1S/C18H19F2NO3/c1-18(19,20)14-7-4-6-12(9-14)16(22)11-21-10-13-5-2-3-8-15(13)17(23)24/h2-9,16,21-22H,10-11H2,1H3,(H,23,24). The fraction of sp³-hybridized carbons (Fsp3) is 0.278. The predicted octanol–water partition coefficient (Wildman–Crippen LogP) is 3.32. The van der Waals surface area contributed by atoms with Crippen LogP contribution in [0.4, 0.5) is 8.78 Å². The number of aromatic carboxylic acids is 1. The molecule has 0 aliphatic heterocycles. The summed E-state index contributed by atoms with van der Waals surface area (Å²) < 4.78 is 26.7. The van der Waals surface area contributed by atoms with Crippen LogP contribution in [-0.4, -0.2) is 22.7 Å². The molecule has 4 nitrogen and oxygen atoms in total. The molecule has 2 aromatic carbocycles. The first-order chi connectivity index (χ1) is 11.3. The second kappa shape index (κ2) is 7.51. The van der Waals surface area contributed by atoms with Crippen molar-refractivity contribution in [2.75, 3.05) is 6.54 Å². The number of aliphatic hydroxyl groups is 1. The van der Waals surface area contributed by atoms with Crippen LogP contribution in [0.1, 0.15) is 40.1 Å². The zero-order chi connectivity index (χ0) is 17.7. The van der Waals surface area contributed by atoms with Crippen LogP contribution in [0.3, 0.4) is 0 Å². The smallest absolute Gasteiger partial charge is 0.336 e.